The molecule has 0 fully saturated rings. The molecular weight excluding hydrogens is 206 g/mol. The highest BCUT2D eigenvalue weighted by Gasteiger charge is 2.10. The lowest BCUT2D eigenvalue weighted by Crippen LogP contribution is -2.15. The maximum Gasteiger partial charge on any atom is 0.128 e. The first-order valence-corrected chi connectivity index (χ1v) is 5.63. The minimum Gasteiger partial charge on any atom is -0.383 e. The fourth-order valence-corrected chi connectivity index (χ4v) is 2.26. The van der Waals surface area contributed by atoms with E-state index in [9.17, 15) is 0 Å². The van der Waals surface area contributed by atoms with E-state index in [1.807, 2.05) is 18.2 Å². The van der Waals surface area contributed by atoms with Gasteiger partial charge >= 0.3 is 0 Å². The second-order valence-electron chi connectivity index (χ2n) is 3.37. The Labute approximate surface area is 92.8 Å². The molecule has 4 N–H and O–H groups in total. The fraction of sp³-hybridized carbons (Fsp3) is 0.182. The summed E-state index contributed by atoms with van der Waals surface area (Å²) < 4.78 is 0. The lowest BCUT2D eigenvalue weighted by atomic mass is 10.1. The number of hydrogen-bond donors (Lipinski definition) is 2. The number of thiophene rings is 1. The molecule has 0 aromatic carbocycles. The predicted octanol–water partition coefficient (Wildman–Crippen LogP) is 1.97. The first-order chi connectivity index (χ1) is 7.27. The second kappa shape index (κ2) is 4.42. The van der Waals surface area contributed by atoms with Crippen LogP contribution >= 0.6 is 11.3 Å². The van der Waals surface area contributed by atoms with E-state index in [-0.39, 0.29) is 6.04 Å². The molecule has 0 saturated carbocycles. The van der Waals surface area contributed by atoms with Crippen molar-refractivity contribution >= 4 is 17.2 Å². The maximum absolute atomic E-state index is 6.07. The average molecular weight is 219 g/mol. The van der Waals surface area contributed by atoms with Crippen molar-refractivity contribution in [2.45, 2.75) is 12.5 Å². The average Bonchev–Trinajstić information content (AvgIpc) is 2.71. The van der Waals surface area contributed by atoms with Gasteiger partial charge in [0.2, 0.25) is 0 Å². The minimum atomic E-state index is -0.0719. The van der Waals surface area contributed by atoms with Gasteiger partial charge in [0, 0.05) is 29.1 Å². The molecular formula is C11H13N3S. The Bertz CT molecular complexity index is 425. The van der Waals surface area contributed by atoms with Gasteiger partial charge in [0.05, 0.1) is 0 Å². The third-order valence-corrected chi connectivity index (χ3v) is 3.17. The number of anilines is 1. The molecule has 0 radical (unpaired) electrons. The van der Waals surface area contributed by atoms with Crippen molar-refractivity contribution in [3.63, 3.8) is 0 Å². The molecule has 0 saturated heterocycles. The van der Waals surface area contributed by atoms with Gasteiger partial charge < -0.3 is 11.5 Å². The Morgan fingerprint density at radius 1 is 1.33 bits per heavy atom. The van der Waals surface area contributed by atoms with E-state index in [0.717, 1.165) is 12.0 Å². The third kappa shape index (κ3) is 2.34. The van der Waals surface area contributed by atoms with Crippen molar-refractivity contribution in [3.05, 3.63) is 46.3 Å². The van der Waals surface area contributed by atoms with E-state index < -0.39 is 0 Å². The second-order valence-corrected chi connectivity index (χ2v) is 4.40. The van der Waals surface area contributed by atoms with E-state index in [2.05, 4.69) is 16.4 Å². The van der Waals surface area contributed by atoms with Crippen molar-refractivity contribution in [1.29, 1.82) is 0 Å². The molecule has 0 aliphatic rings. The molecule has 1 unspecified atom stereocenters. The Morgan fingerprint density at radius 2 is 2.20 bits per heavy atom. The zero-order valence-corrected chi connectivity index (χ0v) is 9.08. The fourth-order valence-electron chi connectivity index (χ4n) is 1.50. The Hall–Kier alpha value is -1.39. The summed E-state index contributed by atoms with van der Waals surface area (Å²) in [5.41, 5.74) is 12.8. The SMILES string of the molecule is Nc1ncccc1C(N)Cc1cccs1. The van der Waals surface area contributed by atoms with E-state index in [1.165, 1.54) is 4.88 Å². The molecule has 0 aliphatic heterocycles. The highest BCUT2D eigenvalue weighted by Crippen LogP contribution is 2.21. The lowest BCUT2D eigenvalue weighted by Gasteiger charge is -2.12. The van der Waals surface area contributed by atoms with E-state index in [1.54, 1.807) is 17.5 Å². The number of nitrogens with two attached hydrogens (primary N) is 2. The summed E-state index contributed by atoms with van der Waals surface area (Å²) in [6, 6.07) is 7.83. The molecule has 78 valence electrons. The lowest BCUT2D eigenvalue weighted by molar-refractivity contribution is 0.729. The van der Waals surface area contributed by atoms with Crippen molar-refractivity contribution in [2.24, 2.45) is 5.73 Å². The largest absolute Gasteiger partial charge is 0.383 e. The van der Waals surface area contributed by atoms with Crippen LogP contribution in [0.2, 0.25) is 0 Å². The summed E-state index contributed by atoms with van der Waals surface area (Å²) in [7, 11) is 0. The summed E-state index contributed by atoms with van der Waals surface area (Å²) in [5.74, 6) is 0.529. The maximum atomic E-state index is 6.07. The predicted molar refractivity (Wildman–Crippen MR) is 63.6 cm³/mol. The van der Waals surface area contributed by atoms with Crippen LogP contribution in [0.15, 0.2) is 35.8 Å². The molecule has 3 nitrogen and oxygen atoms in total. The van der Waals surface area contributed by atoms with Crippen molar-refractivity contribution in [2.75, 3.05) is 5.73 Å². The van der Waals surface area contributed by atoms with Gasteiger partial charge in [0.25, 0.3) is 0 Å². The molecule has 0 spiro atoms. The van der Waals surface area contributed by atoms with Crippen LogP contribution < -0.4 is 11.5 Å². The molecule has 2 heterocycles. The summed E-state index contributed by atoms with van der Waals surface area (Å²) in [5, 5.41) is 2.05. The summed E-state index contributed by atoms with van der Waals surface area (Å²) in [4.78, 5) is 5.30. The van der Waals surface area contributed by atoms with Crippen LogP contribution in [-0.2, 0) is 6.42 Å². The normalized spacial score (nSPS) is 12.6. The van der Waals surface area contributed by atoms with Crippen LogP contribution in [0.1, 0.15) is 16.5 Å². The molecule has 0 amide bonds. The smallest absolute Gasteiger partial charge is 0.128 e. The quantitative estimate of drug-likeness (QED) is 0.829. The highest BCUT2D eigenvalue weighted by molar-refractivity contribution is 7.09. The molecule has 2 rings (SSSR count). The number of aromatic nitrogens is 1. The Kier molecular flexibility index (Phi) is 2.99. The van der Waals surface area contributed by atoms with Crippen LogP contribution in [0.3, 0.4) is 0 Å². The molecule has 2 aromatic heterocycles. The topological polar surface area (TPSA) is 64.9 Å². The number of nitrogens with zero attached hydrogens (tertiary/aromatic N) is 1. The van der Waals surface area contributed by atoms with Crippen molar-refractivity contribution in [3.8, 4) is 0 Å². The molecule has 15 heavy (non-hydrogen) atoms. The molecule has 4 heteroatoms. The van der Waals surface area contributed by atoms with E-state index in [4.69, 9.17) is 11.5 Å². The molecule has 2 aromatic rings. The van der Waals surface area contributed by atoms with Crippen LogP contribution in [0.4, 0.5) is 5.82 Å². The van der Waals surface area contributed by atoms with Gasteiger partial charge in [-0.25, -0.2) is 4.98 Å². The Balaban J connectivity index is 2.15. The number of hydrogen-bond acceptors (Lipinski definition) is 4. The van der Waals surface area contributed by atoms with Gasteiger partial charge in [-0.15, -0.1) is 11.3 Å². The zero-order chi connectivity index (χ0) is 10.7. The van der Waals surface area contributed by atoms with Gasteiger partial charge in [0.1, 0.15) is 5.82 Å². The molecule has 0 aliphatic carbocycles. The summed E-state index contributed by atoms with van der Waals surface area (Å²) in [6.45, 7) is 0. The van der Waals surface area contributed by atoms with Crippen LogP contribution in [-0.4, -0.2) is 4.98 Å². The van der Waals surface area contributed by atoms with Gasteiger partial charge in [-0.3, -0.25) is 0 Å². The number of pyridine rings is 1. The first kappa shape index (κ1) is 10.1. The van der Waals surface area contributed by atoms with Crippen LogP contribution in [0, 0.1) is 0 Å². The summed E-state index contributed by atoms with van der Waals surface area (Å²) >= 11 is 1.71. The third-order valence-electron chi connectivity index (χ3n) is 2.27. The minimum absolute atomic E-state index is 0.0719. The number of rotatable bonds is 3. The highest BCUT2D eigenvalue weighted by atomic mass is 32.1. The van der Waals surface area contributed by atoms with Gasteiger partial charge in [0.15, 0.2) is 0 Å². The molecule has 1 atom stereocenters. The Morgan fingerprint density at radius 3 is 2.87 bits per heavy atom. The molecule has 0 bridgehead atoms. The van der Waals surface area contributed by atoms with Crippen molar-refractivity contribution < 1.29 is 0 Å². The zero-order valence-electron chi connectivity index (χ0n) is 8.26. The van der Waals surface area contributed by atoms with E-state index >= 15 is 0 Å². The van der Waals surface area contributed by atoms with E-state index in [0.29, 0.717) is 5.82 Å². The van der Waals surface area contributed by atoms with Gasteiger partial charge in [-0.05, 0) is 17.5 Å². The first-order valence-electron chi connectivity index (χ1n) is 4.75. The van der Waals surface area contributed by atoms with Crippen LogP contribution in [0.5, 0.6) is 0 Å². The standard InChI is InChI=1S/C11H13N3S/c12-10(7-8-3-2-6-15-8)9-4-1-5-14-11(9)13/h1-6,10H,7,12H2,(H2,13,14). The monoisotopic (exact) mass is 219 g/mol. The van der Waals surface area contributed by atoms with Crippen molar-refractivity contribution in [1.82, 2.24) is 4.98 Å². The van der Waals surface area contributed by atoms with Gasteiger partial charge in [-0.1, -0.05) is 12.1 Å². The summed E-state index contributed by atoms with van der Waals surface area (Å²) in [6.07, 6.45) is 2.49. The van der Waals surface area contributed by atoms with Crippen LogP contribution in [0.25, 0.3) is 0 Å². The van der Waals surface area contributed by atoms with Gasteiger partial charge in [-0.2, -0.15) is 0 Å². The number of nitrogen functional groups attached to an aromatic ring is 1.